The first kappa shape index (κ1) is 18.5. The minimum atomic E-state index is -0.0832. The topological polar surface area (TPSA) is 49.1 Å². The first-order chi connectivity index (χ1) is 13.2. The molecule has 2 saturated heterocycles. The third kappa shape index (κ3) is 4.54. The lowest BCUT2D eigenvalue weighted by Crippen LogP contribution is -2.48. The summed E-state index contributed by atoms with van der Waals surface area (Å²) in [6, 6.07) is 12.8. The molecule has 5 heteroatoms. The Morgan fingerprint density at radius 2 is 1.67 bits per heavy atom. The number of ether oxygens (including phenoxy) is 1. The molecule has 2 aliphatic rings. The van der Waals surface area contributed by atoms with Crippen molar-refractivity contribution >= 4 is 0 Å². The van der Waals surface area contributed by atoms with Crippen LogP contribution in [0.5, 0.6) is 5.75 Å². The van der Waals surface area contributed by atoms with Gasteiger partial charge in [-0.15, -0.1) is 0 Å². The molecular weight excluding hydrogens is 340 g/mol. The molecule has 3 heterocycles. The predicted octanol–water partition coefficient (Wildman–Crippen LogP) is 3.38. The highest BCUT2D eigenvalue weighted by Crippen LogP contribution is 2.26. The average molecular weight is 370 g/mol. The van der Waals surface area contributed by atoms with Gasteiger partial charge in [0, 0.05) is 37.8 Å². The molecule has 4 rings (SSSR count). The van der Waals surface area contributed by atoms with Crippen molar-refractivity contribution in [3.8, 4) is 17.1 Å². The summed E-state index contributed by atoms with van der Waals surface area (Å²) in [6.07, 6.45) is 4.20. The molecule has 1 aromatic heterocycles. The molecule has 0 aliphatic carbocycles. The summed E-state index contributed by atoms with van der Waals surface area (Å²) < 4.78 is 11.3. The fourth-order valence-electron chi connectivity index (χ4n) is 4.29. The Morgan fingerprint density at radius 1 is 0.963 bits per heavy atom. The minimum absolute atomic E-state index is 0.0832. The van der Waals surface area contributed by atoms with Crippen LogP contribution in [0.1, 0.15) is 31.4 Å². The normalized spacial score (nSPS) is 20.8. The SMILES string of the molecule is COc1ccc(-c2ccc(CN3CCC(N4CCC(O)CC4)CC3)o2)cc1. The van der Waals surface area contributed by atoms with E-state index in [9.17, 15) is 5.11 Å². The van der Waals surface area contributed by atoms with Gasteiger partial charge in [-0.25, -0.2) is 0 Å². The van der Waals surface area contributed by atoms with Crippen LogP contribution in [0.15, 0.2) is 40.8 Å². The van der Waals surface area contributed by atoms with Gasteiger partial charge in [0.1, 0.15) is 17.3 Å². The molecule has 146 valence electrons. The number of aliphatic hydroxyl groups excluding tert-OH is 1. The van der Waals surface area contributed by atoms with Crippen molar-refractivity contribution in [2.45, 2.75) is 44.4 Å². The lowest BCUT2D eigenvalue weighted by atomic mass is 9.99. The van der Waals surface area contributed by atoms with Crippen molar-refractivity contribution in [1.29, 1.82) is 0 Å². The zero-order valence-corrected chi connectivity index (χ0v) is 16.1. The molecule has 0 unspecified atom stereocenters. The Bertz CT molecular complexity index is 711. The molecule has 0 bridgehead atoms. The molecule has 1 aromatic carbocycles. The Kier molecular flexibility index (Phi) is 5.81. The highest BCUT2D eigenvalue weighted by Gasteiger charge is 2.27. The second-order valence-electron chi connectivity index (χ2n) is 7.77. The Morgan fingerprint density at radius 3 is 2.33 bits per heavy atom. The number of methoxy groups -OCH3 is 1. The standard InChI is InChI=1S/C22H30N2O3/c1-26-20-4-2-17(3-5-20)22-7-6-21(27-22)16-23-12-8-18(9-13-23)24-14-10-19(25)11-15-24/h2-7,18-19,25H,8-16H2,1H3. The second kappa shape index (κ2) is 8.46. The molecule has 1 N–H and O–H groups in total. The summed E-state index contributed by atoms with van der Waals surface area (Å²) in [5.74, 6) is 2.80. The number of furan rings is 1. The number of nitrogens with zero attached hydrogens (tertiary/aromatic N) is 2. The molecule has 2 fully saturated rings. The van der Waals surface area contributed by atoms with E-state index in [2.05, 4.69) is 21.9 Å². The van der Waals surface area contributed by atoms with Crippen LogP contribution in [0.2, 0.25) is 0 Å². The van der Waals surface area contributed by atoms with Gasteiger partial charge in [-0.1, -0.05) is 0 Å². The number of hydrogen-bond acceptors (Lipinski definition) is 5. The molecule has 27 heavy (non-hydrogen) atoms. The molecular formula is C22H30N2O3. The molecule has 0 atom stereocenters. The van der Waals surface area contributed by atoms with Crippen molar-refractivity contribution in [3.05, 3.63) is 42.2 Å². The second-order valence-corrected chi connectivity index (χ2v) is 7.77. The average Bonchev–Trinajstić information content (AvgIpc) is 3.18. The highest BCUT2D eigenvalue weighted by atomic mass is 16.5. The van der Waals surface area contributed by atoms with Gasteiger partial charge in [0.05, 0.1) is 19.8 Å². The van der Waals surface area contributed by atoms with Crippen LogP contribution in [0.4, 0.5) is 0 Å². The van der Waals surface area contributed by atoms with Crippen molar-refractivity contribution in [1.82, 2.24) is 9.80 Å². The maximum atomic E-state index is 9.69. The Balaban J connectivity index is 1.28. The van der Waals surface area contributed by atoms with E-state index in [0.29, 0.717) is 6.04 Å². The number of likely N-dealkylation sites (tertiary alicyclic amines) is 2. The van der Waals surface area contributed by atoms with Crippen LogP contribution in [-0.4, -0.2) is 60.3 Å². The van der Waals surface area contributed by atoms with Crippen LogP contribution < -0.4 is 4.74 Å². The van der Waals surface area contributed by atoms with E-state index in [0.717, 1.165) is 68.4 Å². The fraction of sp³-hybridized carbons (Fsp3) is 0.545. The van der Waals surface area contributed by atoms with Gasteiger partial charge in [0.25, 0.3) is 0 Å². The molecule has 5 nitrogen and oxygen atoms in total. The van der Waals surface area contributed by atoms with Gasteiger partial charge >= 0.3 is 0 Å². The van der Waals surface area contributed by atoms with E-state index < -0.39 is 0 Å². The van der Waals surface area contributed by atoms with Gasteiger partial charge < -0.3 is 19.2 Å². The number of piperidine rings is 2. The first-order valence-corrected chi connectivity index (χ1v) is 10.1. The minimum Gasteiger partial charge on any atom is -0.497 e. The molecule has 0 radical (unpaired) electrons. The molecule has 2 aliphatic heterocycles. The lowest BCUT2D eigenvalue weighted by molar-refractivity contribution is 0.0366. The van der Waals surface area contributed by atoms with Crippen molar-refractivity contribution < 1.29 is 14.3 Å². The maximum Gasteiger partial charge on any atom is 0.134 e. The van der Waals surface area contributed by atoms with Crippen molar-refractivity contribution in [2.24, 2.45) is 0 Å². The van der Waals surface area contributed by atoms with E-state index >= 15 is 0 Å². The molecule has 0 amide bonds. The largest absolute Gasteiger partial charge is 0.497 e. The Hall–Kier alpha value is -1.82. The van der Waals surface area contributed by atoms with Crippen LogP contribution in [0, 0.1) is 0 Å². The van der Waals surface area contributed by atoms with E-state index in [1.807, 2.05) is 24.3 Å². The quantitative estimate of drug-likeness (QED) is 0.874. The van der Waals surface area contributed by atoms with Crippen molar-refractivity contribution in [2.75, 3.05) is 33.3 Å². The zero-order chi connectivity index (χ0) is 18.6. The van der Waals surface area contributed by atoms with Gasteiger partial charge in [-0.2, -0.15) is 0 Å². The summed E-state index contributed by atoms with van der Waals surface area (Å²) in [6.45, 7) is 5.21. The monoisotopic (exact) mass is 370 g/mol. The molecule has 2 aromatic rings. The fourth-order valence-corrected chi connectivity index (χ4v) is 4.29. The van der Waals surface area contributed by atoms with Crippen LogP contribution in [-0.2, 0) is 6.54 Å². The summed E-state index contributed by atoms with van der Waals surface area (Å²) in [5.41, 5.74) is 1.08. The molecule has 0 saturated carbocycles. The van der Waals surface area contributed by atoms with Gasteiger partial charge in [-0.05, 0) is 62.1 Å². The summed E-state index contributed by atoms with van der Waals surface area (Å²) in [4.78, 5) is 5.07. The Labute approximate surface area is 161 Å². The van der Waals surface area contributed by atoms with Crippen LogP contribution >= 0.6 is 0 Å². The van der Waals surface area contributed by atoms with E-state index in [4.69, 9.17) is 9.15 Å². The predicted molar refractivity (Wildman–Crippen MR) is 106 cm³/mol. The lowest BCUT2D eigenvalue weighted by Gasteiger charge is -2.40. The third-order valence-electron chi connectivity index (χ3n) is 5.99. The van der Waals surface area contributed by atoms with Crippen LogP contribution in [0.25, 0.3) is 11.3 Å². The maximum absolute atomic E-state index is 9.69. The highest BCUT2D eigenvalue weighted by molar-refractivity contribution is 5.58. The zero-order valence-electron chi connectivity index (χ0n) is 16.1. The summed E-state index contributed by atoms with van der Waals surface area (Å²) in [7, 11) is 1.68. The van der Waals surface area contributed by atoms with E-state index in [1.165, 1.54) is 12.8 Å². The van der Waals surface area contributed by atoms with Crippen LogP contribution in [0.3, 0.4) is 0 Å². The smallest absolute Gasteiger partial charge is 0.134 e. The van der Waals surface area contributed by atoms with Gasteiger partial charge in [0.2, 0.25) is 0 Å². The van der Waals surface area contributed by atoms with E-state index in [-0.39, 0.29) is 6.10 Å². The number of rotatable bonds is 5. The summed E-state index contributed by atoms with van der Waals surface area (Å²) >= 11 is 0. The van der Waals surface area contributed by atoms with Gasteiger partial charge in [0.15, 0.2) is 0 Å². The number of aliphatic hydroxyl groups is 1. The van der Waals surface area contributed by atoms with E-state index in [1.54, 1.807) is 7.11 Å². The number of hydrogen-bond donors (Lipinski definition) is 1. The summed E-state index contributed by atoms with van der Waals surface area (Å²) in [5, 5.41) is 9.69. The number of benzene rings is 1. The van der Waals surface area contributed by atoms with Gasteiger partial charge in [-0.3, -0.25) is 4.90 Å². The first-order valence-electron chi connectivity index (χ1n) is 10.1. The third-order valence-corrected chi connectivity index (χ3v) is 5.99. The van der Waals surface area contributed by atoms with Crippen molar-refractivity contribution in [3.63, 3.8) is 0 Å². The molecule has 0 spiro atoms.